The third-order valence-corrected chi connectivity index (χ3v) is 5.23. The number of carbonyl (C=O) groups excluding carboxylic acids is 1. The highest BCUT2D eigenvalue weighted by Gasteiger charge is 2.35. The lowest BCUT2D eigenvalue weighted by atomic mass is 9.75. The molecule has 1 aromatic rings. The van der Waals surface area contributed by atoms with E-state index in [9.17, 15) is 4.79 Å². The second-order valence-electron chi connectivity index (χ2n) is 7.25. The van der Waals surface area contributed by atoms with Gasteiger partial charge in [-0.25, -0.2) is 0 Å². The van der Waals surface area contributed by atoms with Crippen LogP contribution in [0.3, 0.4) is 0 Å². The van der Waals surface area contributed by atoms with Gasteiger partial charge in [0, 0.05) is 23.0 Å². The van der Waals surface area contributed by atoms with E-state index in [4.69, 9.17) is 23.8 Å². The molecule has 0 saturated heterocycles. The highest BCUT2D eigenvalue weighted by Crippen LogP contribution is 2.34. The summed E-state index contributed by atoms with van der Waals surface area (Å²) >= 11 is 11.1. The van der Waals surface area contributed by atoms with Crippen LogP contribution in [-0.2, 0) is 4.79 Å². The summed E-state index contributed by atoms with van der Waals surface area (Å²) in [7, 11) is 0. The number of rotatable bonds is 5. The lowest BCUT2D eigenvalue weighted by Gasteiger charge is -2.34. The summed E-state index contributed by atoms with van der Waals surface area (Å²) in [6.45, 7) is 6.90. The summed E-state index contributed by atoms with van der Waals surface area (Å²) in [5.74, 6) is 1.66. The molecule has 0 unspecified atom stereocenters. The van der Waals surface area contributed by atoms with E-state index in [1.807, 2.05) is 12.1 Å². The molecule has 6 heteroatoms. The normalized spacial score (nSPS) is 23.3. The van der Waals surface area contributed by atoms with Crippen molar-refractivity contribution in [2.45, 2.75) is 46.1 Å². The van der Waals surface area contributed by atoms with Crippen molar-refractivity contribution >= 4 is 40.5 Å². The molecule has 1 aliphatic carbocycles. The molecule has 3 atom stereocenters. The molecule has 0 aliphatic heterocycles. The number of benzene rings is 1. The van der Waals surface area contributed by atoms with Gasteiger partial charge in [0.2, 0.25) is 6.61 Å². The minimum absolute atomic E-state index is 0.151. The maximum atomic E-state index is 12.2. The highest BCUT2D eigenvalue weighted by molar-refractivity contribution is 7.80. The summed E-state index contributed by atoms with van der Waals surface area (Å²) in [6, 6.07) is 7.19. The fourth-order valence-electron chi connectivity index (χ4n) is 3.46. The molecule has 1 amide bonds. The summed E-state index contributed by atoms with van der Waals surface area (Å²) in [6.07, 6.45) is 3.79. The van der Waals surface area contributed by atoms with E-state index in [1.54, 1.807) is 12.1 Å². The molecule has 4 nitrogen and oxygen atoms in total. The molecular formula is C19H28ClN2O2S+. The fraction of sp³-hybridized carbons (Fsp3) is 0.579. The zero-order valence-corrected chi connectivity index (χ0v) is 16.7. The van der Waals surface area contributed by atoms with Gasteiger partial charge >= 0.3 is 5.91 Å². The van der Waals surface area contributed by atoms with Crippen molar-refractivity contribution in [1.29, 1.82) is 0 Å². The monoisotopic (exact) mass is 383 g/mol. The molecule has 25 heavy (non-hydrogen) atoms. The van der Waals surface area contributed by atoms with Crippen molar-refractivity contribution < 1.29 is 9.53 Å². The van der Waals surface area contributed by atoms with Gasteiger partial charge in [-0.2, -0.15) is 0 Å². The Hall–Kier alpha value is -1.17. The fourth-order valence-corrected chi connectivity index (χ4v) is 3.88. The first-order valence-electron chi connectivity index (χ1n) is 8.88. The zero-order chi connectivity index (χ0) is 18.4. The molecule has 0 bridgehead atoms. The maximum Gasteiger partial charge on any atom is 0.302 e. The first-order chi connectivity index (χ1) is 11.8. The van der Waals surface area contributed by atoms with E-state index >= 15 is 0 Å². The van der Waals surface area contributed by atoms with Gasteiger partial charge in [-0.3, -0.25) is 10.1 Å². The predicted octanol–water partition coefficient (Wildman–Crippen LogP) is 4.14. The Morgan fingerprint density at radius 3 is 2.84 bits per heavy atom. The number of aliphatic hydroxyl groups is 2. The van der Waals surface area contributed by atoms with E-state index < -0.39 is 0 Å². The van der Waals surface area contributed by atoms with E-state index in [-0.39, 0.29) is 23.7 Å². The number of hydrogen-bond donors (Lipinski definition) is 2. The number of halogens is 1. The number of carbonyl (C=O) groups is 1. The molecule has 2 rings (SSSR count). The Kier molecular flexibility index (Phi) is 7.66. The molecule has 1 aliphatic rings. The van der Waals surface area contributed by atoms with Crippen molar-refractivity contribution in [2.75, 3.05) is 11.9 Å². The predicted molar refractivity (Wildman–Crippen MR) is 108 cm³/mol. The first-order valence-corrected chi connectivity index (χ1v) is 9.66. The third kappa shape index (κ3) is 6.57. The molecule has 1 saturated carbocycles. The van der Waals surface area contributed by atoms with Crippen LogP contribution in [0.5, 0.6) is 0 Å². The number of ether oxygens (including phenoxy) is 1. The number of anilines is 1. The Bertz CT molecular complexity index is 609. The molecule has 0 radical (unpaired) electrons. The van der Waals surface area contributed by atoms with Crippen LogP contribution in [0.1, 0.15) is 40.0 Å². The third-order valence-electron chi connectivity index (χ3n) is 4.79. The van der Waals surface area contributed by atoms with E-state index in [0.717, 1.165) is 12.1 Å². The van der Waals surface area contributed by atoms with Crippen molar-refractivity contribution in [3.05, 3.63) is 29.3 Å². The van der Waals surface area contributed by atoms with Gasteiger partial charge in [0.1, 0.15) is 0 Å². The minimum atomic E-state index is -0.180. The smallest absolute Gasteiger partial charge is 0.302 e. The van der Waals surface area contributed by atoms with Gasteiger partial charge in [-0.05, 0) is 55.1 Å². The molecule has 1 fully saturated rings. The lowest BCUT2D eigenvalue weighted by Crippen LogP contribution is -2.42. The van der Waals surface area contributed by atoms with Gasteiger partial charge in [0.05, 0.1) is 0 Å². The number of amides is 1. The molecule has 0 heterocycles. The highest BCUT2D eigenvalue weighted by atomic mass is 35.5. The van der Waals surface area contributed by atoms with Crippen LogP contribution in [-0.4, -0.2) is 28.5 Å². The van der Waals surface area contributed by atoms with E-state index in [2.05, 4.69) is 36.1 Å². The van der Waals surface area contributed by atoms with Crippen molar-refractivity contribution in [3.8, 4) is 0 Å². The standard InChI is InChI=1S/C19H27ClN2O2S/c1-12(2)16-8-7-13(3)9-17(16)24-11-18(23)22-19(25)21-15-6-4-5-14(20)10-15/h4-6,10,12-13,16-17H,7-9,11H2,1-3H3,(H2,21,22,23,25)/p+1/t13-,16+,17+/m1/s1. The first kappa shape index (κ1) is 20.1. The van der Waals surface area contributed by atoms with Crippen molar-refractivity contribution in [3.63, 3.8) is 0 Å². The molecule has 1 aromatic carbocycles. The zero-order valence-electron chi connectivity index (χ0n) is 15.1. The van der Waals surface area contributed by atoms with Gasteiger partial charge in [-0.1, -0.05) is 38.4 Å². The van der Waals surface area contributed by atoms with Gasteiger partial charge in [-0.15, -0.1) is 0 Å². The van der Waals surface area contributed by atoms with Crippen molar-refractivity contribution in [2.24, 2.45) is 17.8 Å². The second kappa shape index (κ2) is 9.51. The Morgan fingerprint density at radius 1 is 1.40 bits per heavy atom. The molecule has 3 N–H and O–H groups in total. The molecule has 138 valence electrons. The van der Waals surface area contributed by atoms with Crippen LogP contribution < -0.4 is 10.6 Å². The Morgan fingerprint density at radius 2 is 2.16 bits per heavy atom. The minimum Gasteiger partial charge on any atom is -0.424 e. The van der Waals surface area contributed by atoms with Crippen LogP contribution in [0.15, 0.2) is 24.3 Å². The van der Waals surface area contributed by atoms with Gasteiger partial charge in [0.15, 0.2) is 11.2 Å². The van der Waals surface area contributed by atoms with Crippen LogP contribution in [0.4, 0.5) is 5.69 Å². The summed E-state index contributed by atoms with van der Waals surface area (Å²) in [5.41, 5.74) is 0.746. The van der Waals surface area contributed by atoms with Crippen LogP contribution in [0, 0.1) is 17.8 Å². The number of thiocarbonyl (C=S) groups is 1. The summed E-state index contributed by atoms with van der Waals surface area (Å²) < 4.78 is 4.69. The summed E-state index contributed by atoms with van der Waals surface area (Å²) in [5, 5.41) is 6.52. The molecule has 0 aromatic heterocycles. The maximum absolute atomic E-state index is 12.2. The quantitative estimate of drug-likeness (QED) is 0.593. The average Bonchev–Trinajstić information content (AvgIpc) is 2.52. The van der Waals surface area contributed by atoms with Gasteiger partial charge < -0.3 is 10.1 Å². The van der Waals surface area contributed by atoms with Gasteiger partial charge in [0.25, 0.3) is 0 Å². The summed E-state index contributed by atoms with van der Waals surface area (Å²) in [4.78, 5) is 12.2. The van der Waals surface area contributed by atoms with Crippen LogP contribution in [0.2, 0.25) is 5.02 Å². The Labute approximate surface area is 160 Å². The largest absolute Gasteiger partial charge is 0.424 e. The average molecular weight is 384 g/mol. The van der Waals surface area contributed by atoms with Crippen molar-refractivity contribution in [1.82, 2.24) is 5.32 Å². The topological polar surface area (TPSA) is 53.9 Å². The lowest BCUT2D eigenvalue weighted by molar-refractivity contribution is -0.170. The Balaban J connectivity index is 1.80. The van der Waals surface area contributed by atoms with E-state index in [0.29, 0.717) is 22.8 Å². The second-order valence-corrected chi connectivity index (χ2v) is 8.09. The molecule has 0 spiro atoms. The number of hydrogen-bond acceptors (Lipinski definition) is 2. The van der Waals surface area contributed by atoms with E-state index in [1.165, 1.54) is 12.8 Å². The van der Waals surface area contributed by atoms with Crippen LogP contribution in [0.25, 0.3) is 0 Å². The molecular weight excluding hydrogens is 356 g/mol. The van der Waals surface area contributed by atoms with Crippen LogP contribution >= 0.6 is 23.8 Å². The SMILES string of the molecule is CC(C)[C@@H]1CC[C@@H](C)C[C@@H]1[OH+]CC(=O)NC(=S)Nc1cccc(Cl)c1. The number of nitrogens with one attached hydrogen (secondary N) is 2.